The number of ether oxygens (including phenoxy) is 1. The summed E-state index contributed by atoms with van der Waals surface area (Å²) in [6.45, 7) is 0. The standard InChI is InChI=1S/C11H15N3O4S/c1-14-8(18-2)5-7(13-14)9(15)12-11(10(16)17)3-4-19-6-11/h5H,3-4,6H2,1-2H3,(H,12,15)(H,16,17). The fraction of sp³-hybridized carbons (Fsp3) is 0.545. The number of carbonyl (C=O) groups excluding carboxylic acids is 1. The Morgan fingerprint density at radius 3 is 2.84 bits per heavy atom. The highest BCUT2D eigenvalue weighted by Crippen LogP contribution is 2.28. The minimum atomic E-state index is -1.19. The molecule has 104 valence electrons. The smallest absolute Gasteiger partial charge is 0.330 e. The SMILES string of the molecule is COc1cc(C(=O)NC2(C(=O)O)CCSC2)nn1C. The summed E-state index contributed by atoms with van der Waals surface area (Å²) in [6.07, 6.45) is 0.419. The van der Waals surface area contributed by atoms with Crippen molar-refractivity contribution < 1.29 is 19.4 Å². The molecule has 0 radical (unpaired) electrons. The zero-order valence-electron chi connectivity index (χ0n) is 10.7. The molecule has 1 aromatic rings. The fourth-order valence-corrected chi connectivity index (χ4v) is 3.24. The lowest BCUT2D eigenvalue weighted by Crippen LogP contribution is -2.54. The number of hydrogen-bond donors (Lipinski definition) is 2. The van der Waals surface area contributed by atoms with E-state index in [9.17, 15) is 14.7 Å². The lowest BCUT2D eigenvalue weighted by molar-refractivity contribution is -0.143. The maximum atomic E-state index is 12.1. The Morgan fingerprint density at radius 1 is 1.63 bits per heavy atom. The number of thioether (sulfide) groups is 1. The van der Waals surface area contributed by atoms with E-state index in [2.05, 4.69) is 10.4 Å². The van der Waals surface area contributed by atoms with Gasteiger partial charge in [0.2, 0.25) is 5.88 Å². The molecule has 0 aromatic carbocycles. The molecule has 7 nitrogen and oxygen atoms in total. The zero-order valence-corrected chi connectivity index (χ0v) is 11.5. The van der Waals surface area contributed by atoms with Crippen LogP contribution in [-0.4, -0.2) is 50.9 Å². The number of aliphatic carboxylic acids is 1. The lowest BCUT2D eigenvalue weighted by atomic mass is 9.99. The molecule has 2 heterocycles. The van der Waals surface area contributed by atoms with Crippen molar-refractivity contribution in [3.63, 3.8) is 0 Å². The Hall–Kier alpha value is -1.70. The van der Waals surface area contributed by atoms with Crippen LogP contribution in [0.5, 0.6) is 5.88 Å². The van der Waals surface area contributed by atoms with Crippen molar-refractivity contribution in [1.29, 1.82) is 0 Å². The van der Waals surface area contributed by atoms with Gasteiger partial charge in [0.25, 0.3) is 5.91 Å². The predicted molar refractivity (Wildman–Crippen MR) is 69.5 cm³/mol. The third kappa shape index (κ3) is 2.53. The van der Waals surface area contributed by atoms with Crippen LogP contribution in [0, 0.1) is 0 Å². The second-order valence-corrected chi connectivity index (χ2v) is 5.44. The first-order valence-electron chi connectivity index (χ1n) is 5.70. The first kappa shape index (κ1) is 13.7. The van der Waals surface area contributed by atoms with E-state index >= 15 is 0 Å². The van der Waals surface area contributed by atoms with E-state index in [1.165, 1.54) is 29.6 Å². The van der Waals surface area contributed by atoms with Gasteiger partial charge in [-0.15, -0.1) is 0 Å². The van der Waals surface area contributed by atoms with Gasteiger partial charge in [-0.05, 0) is 12.2 Å². The Kier molecular flexibility index (Phi) is 3.70. The summed E-state index contributed by atoms with van der Waals surface area (Å²) < 4.78 is 6.44. The summed E-state index contributed by atoms with van der Waals surface area (Å²) in [5.41, 5.74) is -1.04. The number of nitrogens with one attached hydrogen (secondary N) is 1. The molecule has 1 fully saturated rings. The third-order valence-electron chi connectivity index (χ3n) is 3.06. The van der Waals surface area contributed by atoms with Crippen molar-refractivity contribution in [2.24, 2.45) is 7.05 Å². The van der Waals surface area contributed by atoms with E-state index in [1.54, 1.807) is 7.05 Å². The van der Waals surface area contributed by atoms with E-state index < -0.39 is 17.4 Å². The van der Waals surface area contributed by atoms with E-state index in [4.69, 9.17) is 4.74 Å². The van der Waals surface area contributed by atoms with Gasteiger partial charge in [0.05, 0.1) is 7.11 Å². The van der Waals surface area contributed by atoms with E-state index in [0.717, 1.165) is 5.75 Å². The Balaban J connectivity index is 2.17. The summed E-state index contributed by atoms with van der Waals surface area (Å²) >= 11 is 1.51. The molecule has 19 heavy (non-hydrogen) atoms. The molecule has 2 rings (SSSR count). The maximum absolute atomic E-state index is 12.1. The minimum Gasteiger partial charge on any atom is -0.481 e. The number of amides is 1. The van der Waals surface area contributed by atoms with Crippen LogP contribution in [0.2, 0.25) is 0 Å². The van der Waals surface area contributed by atoms with Crippen LogP contribution in [0.25, 0.3) is 0 Å². The summed E-state index contributed by atoms with van der Waals surface area (Å²) in [6, 6.07) is 1.48. The molecule has 0 spiro atoms. The van der Waals surface area contributed by atoms with Gasteiger partial charge in [-0.1, -0.05) is 0 Å². The number of nitrogens with zero attached hydrogens (tertiary/aromatic N) is 2. The first-order valence-corrected chi connectivity index (χ1v) is 6.86. The van der Waals surface area contributed by atoms with Crippen LogP contribution in [0.3, 0.4) is 0 Å². The van der Waals surface area contributed by atoms with Crippen LogP contribution in [0.1, 0.15) is 16.9 Å². The van der Waals surface area contributed by atoms with Crippen molar-refractivity contribution in [2.45, 2.75) is 12.0 Å². The highest BCUT2D eigenvalue weighted by atomic mass is 32.2. The number of carboxylic acids is 1. The summed E-state index contributed by atoms with van der Waals surface area (Å²) in [5, 5.41) is 15.9. The van der Waals surface area contributed by atoms with E-state index in [0.29, 0.717) is 18.1 Å². The Labute approximate surface area is 114 Å². The van der Waals surface area contributed by atoms with Crippen LogP contribution in [0.15, 0.2) is 6.07 Å². The number of aryl methyl sites for hydroxylation is 1. The summed E-state index contributed by atoms with van der Waals surface area (Å²) in [4.78, 5) is 23.4. The van der Waals surface area contributed by atoms with Gasteiger partial charge < -0.3 is 15.2 Å². The highest BCUT2D eigenvalue weighted by molar-refractivity contribution is 7.99. The van der Waals surface area contributed by atoms with Crippen LogP contribution in [0.4, 0.5) is 0 Å². The molecule has 0 aliphatic carbocycles. The summed E-state index contributed by atoms with van der Waals surface area (Å²) in [5.74, 6) is 0.0313. The monoisotopic (exact) mass is 285 g/mol. The van der Waals surface area contributed by atoms with Crippen molar-refractivity contribution in [1.82, 2.24) is 15.1 Å². The quantitative estimate of drug-likeness (QED) is 0.816. The normalized spacial score (nSPS) is 22.2. The van der Waals surface area contributed by atoms with Crippen LogP contribution < -0.4 is 10.1 Å². The molecule has 1 aliphatic heterocycles. The number of carbonyl (C=O) groups is 2. The molecular formula is C11H15N3O4S. The van der Waals surface area contributed by atoms with Gasteiger partial charge in [0.1, 0.15) is 5.54 Å². The van der Waals surface area contributed by atoms with Crippen molar-refractivity contribution in [3.8, 4) is 5.88 Å². The van der Waals surface area contributed by atoms with Crippen molar-refractivity contribution in [3.05, 3.63) is 11.8 Å². The second-order valence-electron chi connectivity index (χ2n) is 4.34. The minimum absolute atomic E-state index is 0.150. The molecule has 1 aromatic heterocycles. The van der Waals surface area contributed by atoms with Gasteiger partial charge in [-0.25, -0.2) is 9.48 Å². The number of methoxy groups -OCH3 is 1. The average molecular weight is 285 g/mol. The molecule has 1 amide bonds. The molecule has 1 aliphatic rings. The predicted octanol–water partition coefficient (Wildman–Crippen LogP) is 0.119. The molecule has 8 heteroatoms. The molecule has 1 unspecified atom stereocenters. The molecule has 2 N–H and O–H groups in total. The zero-order chi connectivity index (χ0) is 14.0. The number of rotatable bonds is 4. The van der Waals surface area contributed by atoms with Crippen LogP contribution >= 0.6 is 11.8 Å². The largest absolute Gasteiger partial charge is 0.481 e. The van der Waals surface area contributed by atoms with E-state index in [-0.39, 0.29) is 5.69 Å². The van der Waals surface area contributed by atoms with Gasteiger partial charge in [0.15, 0.2) is 5.69 Å². The molecule has 1 atom stereocenters. The van der Waals surface area contributed by atoms with Gasteiger partial charge in [-0.2, -0.15) is 16.9 Å². The van der Waals surface area contributed by atoms with Gasteiger partial charge >= 0.3 is 5.97 Å². The topological polar surface area (TPSA) is 93.4 Å². The second kappa shape index (κ2) is 5.12. The first-order chi connectivity index (χ1) is 8.98. The Morgan fingerprint density at radius 2 is 2.37 bits per heavy atom. The molecule has 1 saturated heterocycles. The van der Waals surface area contributed by atoms with Crippen molar-refractivity contribution in [2.75, 3.05) is 18.6 Å². The number of carboxylic acid groups (broad SMARTS) is 1. The number of hydrogen-bond acceptors (Lipinski definition) is 5. The highest BCUT2D eigenvalue weighted by Gasteiger charge is 2.43. The van der Waals surface area contributed by atoms with Gasteiger partial charge in [-0.3, -0.25) is 4.79 Å². The Bertz CT molecular complexity index is 508. The number of aromatic nitrogens is 2. The maximum Gasteiger partial charge on any atom is 0.330 e. The van der Waals surface area contributed by atoms with Crippen molar-refractivity contribution >= 4 is 23.6 Å². The molecular weight excluding hydrogens is 270 g/mol. The lowest BCUT2D eigenvalue weighted by Gasteiger charge is -2.23. The average Bonchev–Trinajstić information content (AvgIpc) is 2.96. The van der Waals surface area contributed by atoms with Crippen LogP contribution in [-0.2, 0) is 11.8 Å². The fourth-order valence-electron chi connectivity index (χ4n) is 1.92. The molecule has 0 bridgehead atoms. The van der Waals surface area contributed by atoms with Gasteiger partial charge in [0, 0.05) is 18.9 Å². The summed E-state index contributed by atoms with van der Waals surface area (Å²) in [7, 11) is 3.12. The van der Waals surface area contributed by atoms with E-state index in [1.807, 2.05) is 0 Å². The molecule has 0 saturated carbocycles. The third-order valence-corrected chi connectivity index (χ3v) is 4.25.